The molecule has 2 heterocycles. The van der Waals surface area contributed by atoms with Crippen LogP contribution >= 0.6 is 0 Å². The molecule has 1 aromatic rings. The Kier molecular flexibility index (Phi) is 2.46. The fourth-order valence-corrected chi connectivity index (χ4v) is 2.54. The summed E-state index contributed by atoms with van der Waals surface area (Å²) in [6.45, 7) is 2.06. The first kappa shape index (κ1) is 10.5. The Morgan fingerprint density at radius 3 is 2.65 bits per heavy atom. The van der Waals surface area contributed by atoms with E-state index < -0.39 is 5.97 Å². The molecule has 0 spiro atoms. The van der Waals surface area contributed by atoms with E-state index in [0.717, 1.165) is 30.7 Å². The highest BCUT2D eigenvalue weighted by atomic mass is 16.4. The van der Waals surface area contributed by atoms with Gasteiger partial charge in [-0.25, -0.2) is 14.8 Å². The van der Waals surface area contributed by atoms with Crippen LogP contribution < -0.4 is 4.90 Å². The molecule has 1 aliphatic heterocycles. The summed E-state index contributed by atoms with van der Waals surface area (Å²) in [5, 5.41) is 8.75. The molecule has 0 amide bonds. The summed E-state index contributed by atoms with van der Waals surface area (Å²) in [7, 11) is 0. The van der Waals surface area contributed by atoms with Crippen LogP contribution in [-0.2, 0) is 0 Å². The third-order valence-electron chi connectivity index (χ3n) is 3.69. The van der Waals surface area contributed by atoms with Crippen LogP contribution in [0.25, 0.3) is 0 Å². The molecule has 1 aliphatic carbocycles. The summed E-state index contributed by atoms with van der Waals surface area (Å²) in [6, 6.07) is 0. The Hall–Kier alpha value is -1.65. The van der Waals surface area contributed by atoms with Gasteiger partial charge in [0.25, 0.3) is 0 Å². The van der Waals surface area contributed by atoms with Crippen molar-refractivity contribution in [3.63, 3.8) is 0 Å². The predicted molar refractivity (Wildman–Crippen MR) is 62.0 cm³/mol. The van der Waals surface area contributed by atoms with Crippen molar-refractivity contribution < 1.29 is 9.90 Å². The Balaban J connectivity index is 1.69. The van der Waals surface area contributed by atoms with E-state index in [2.05, 4.69) is 14.9 Å². The van der Waals surface area contributed by atoms with E-state index in [9.17, 15) is 4.79 Å². The van der Waals surface area contributed by atoms with Crippen molar-refractivity contribution in [1.82, 2.24) is 9.97 Å². The van der Waals surface area contributed by atoms with Crippen molar-refractivity contribution in [3.8, 4) is 0 Å². The van der Waals surface area contributed by atoms with Gasteiger partial charge in [0.05, 0.1) is 12.4 Å². The minimum atomic E-state index is -1.03. The van der Waals surface area contributed by atoms with E-state index in [1.165, 1.54) is 25.5 Å². The minimum Gasteiger partial charge on any atom is -0.476 e. The second-order valence-corrected chi connectivity index (χ2v) is 4.90. The number of hydrogen-bond acceptors (Lipinski definition) is 4. The first-order valence-electron chi connectivity index (χ1n) is 6.04. The number of nitrogens with zero attached hydrogens (tertiary/aromatic N) is 3. The summed E-state index contributed by atoms with van der Waals surface area (Å²) >= 11 is 0. The van der Waals surface area contributed by atoms with Gasteiger partial charge < -0.3 is 10.0 Å². The Labute approximate surface area is 99.5 Å². The number of hydrogen-bond donors (Lipinski definition) is 1. The van der Waals surface area contributed by atoms with Crippen molar-refractivity contribution in [3.05, 3.63) is 18.1 Å². The molecule has 3 rings (SSSR count). The summed E-state index contributed by atoms with van der Waals surface area (Å²) < 4.78 is 0. The van der Waals surface area contributed by atoms with Crippen LogP contribution in [0.5, 0.6) is 0 Å². The Bertz CT molecular complexity index is 428. The van der Waals surface area contributed by atoms with Crippen molar-refractivity contribution in [2.24, 2.45) is 11.8 Å². The van der Waals surface area contributed by atoms with Gasteiger partial charge in [0.15, 0.2) is 5.69 Å². The molecule has 1 saturated carbocycles. The molecule has 0 radical (unpaired) electrons. The number of rotatable bonds is 3. The lowest BCUT2D eigenvalue weighted by Crippen LogP contribution is -2.21. The molecule has 90 valence electrons. The fraction of sp³-hybridized carbons (Fsp3) is 0.583. The Morgan fingerprint density at radius 2 is 2.06 bits per heavy atom. The Morgan fingerprint density at radius 1 is 1.24 bits per heavy atom. The third kappa shape index (κ3) is 2.09. The van der Waals surface area contributed by atoms with Gasteiger partial charge >= 0.3 is 5.97 Å². The van der Waals surface area contributed by atoms with Crippen LogP contribution in [0.15, 0.2) is 12.4 Å². The zero-order valence-corrected chi connectivity index (χ0v) is 9.54. The van der Waals surface area contributed by atoms with Gasteiger partial charge in [0.1, 0.15) is 5.82 Å². The first-order valence-corrected chi connectivity index (χ1v) is 6.04. The molecule has 5 nitrogen and oxygen atoms in total. The van der Waals surface area contributed by atoms with E-state index in [1.54, 1.807) is 6.20 Å². The average molecular weight is 233 g/mol. The predicted octanol–water partition coefficient (Wildman–Crippen LogP) is 1.41. The highest BCUT2D eigenvalue weighted by molar-refractivity contribution is 5.84. The van der Waals surface area contributed by atoms with Gasteiger partial charge in [-0.3, -0.25) is 0 Å². The molecule has 2 aliphatic rings. The molecule has 1 aromatic heterocycles. The van der Waals surface area contributed by atoms with E-state index in [4.69, 9.17) is 5.11 Å². The zero-order valence-electron chi connectivity index (χ0n) is 9.54. The highest BCUT2D eigenvalue weighted by Crippen LogP contribution is 2.41. The summed E-state index contributed by atoms with van der Waals surface area (Å²) in [6.07, 6.45) is 6.89. The normalized spacial score (nSPS) is 24.0. The number of carboxylic acids is 1. The quantitative estimate of drug-likeness (QED) is 0.855. The van der Waals surface area contributed by atoms with Crippen LogP contribution in [-0.4, -0.2) is 34.1 Å². The smallest absolute Gasteiger partial charge is 0.356 e. The SMILES string of the molecule is O=C(O)c1cnc(N2CCC(C3CC3)C2)cn1. The van der Waals surface area contributed by atoms with E-state index in [1.807, 2.05) is 0 Å². The molecular weight excluding hydrogens is 218 g/mol. The number of aromatic nitrogens is 2. The lowest BCUT2D eigenvalue weighted by atomic mass is 10.0. The highest BCUT2D eigenvalue weighted by Gasteiger charge is 2.36. The van der Waals surface area contributed by atoms with Crippen molar-refractivity contribution >= 4 is 11.8 Å². The number of carboxylic acid groups (broad SMARTS) is 1. The zero-order chi connectivity index (χ0) is 11.8. The molecule has 5 heteroatoms. The lowest BCUT2D eigenvalue weighted by molar-refractivity contribution is 0.0690. The topological polar surface area (TPSA) is 66.3 Å². The van der Waals surface area contributed by atoms with Crippen LogP contribution in [0.2, 0.25) is 0 Å². The fourth-order valence-electron chi connectivity index (χ4n) is 2.54. The number of carbonyl (C=O) groups is 1. The summed E-state index contributed by atoms with van der Waals surface area (Å²) in [4.78, 5) is 21.0. The molecule has 1 atom stereocenters. The standard InChI is InChI=1S/C12H15N3O2/c16-12(17)10-5-14-11(6-13-10)15-4-3-9(7-15)8-1-2-8/h5-6,8-9H,1-4,7H2,(H,16,17). The lowest BCUT2D eigenvalue weighted by Gasteiger charge is -2.16. The first-order chi connectivity index (χ1) is 8.24. The summed E-state index contributed by atoms with van der Waals surface area (Å²) in [5.74, 6) is 1.50. The minimum absolute atomic E-state index is 0.00619. The monoisotopic (exact) mass is 233 g/mol. The molecule has 1 unspecified atom stereocenters. The second kappa shape index (κ2) is 3.98. The molecule has 1 saturated heterocycles. The van der Waals surface area contributed by atoms with Gasteiger partial charge in [0, 0.05) is 13.1 Å². The van der Waals surface area contributed by atoms with Crippen LogP contribution in [0.4, 0.5) is 5.82 Å². The summed E-state index contributed by atoms with van der Waals surface area (Å²) in [5.41, 5.74) is 0.00619. The largest absolute Gasteiger partial charge is 0.476 e. The van der Waals surface area contributed by atoms with Gasteiger partial charge in [-0.15, -0.1) is 0 Å². The van der Waals surface area contributed by atoms with Crippen LogP contribution in [0, 0.1) is 11.8 Å². The number of aromatic carboxylic acids is 1. The maximum Gasteiger partial charge on any atom is 0.356 e. The van der Waals surface area contributed by atoms with E-state index in [0.29, 0.717) is 0 Å². The van der Waals surface area contributed by atoms with Gasteiger partial charge in [0.2, 0.25) is 0 Å². The molecular formula is C12H15N3O2. The van der Waals surface area contributed by atoms with Gasteiger partial charge in [-0.05, 0) is 31.1 Å². The number of anilines is 1. The van der Waals surface area contributed by atoms with Crippen molar-refractivity contribution in [2.75, 3.05) is 18.0 Å². The van der Waals surface area contributed by atoms with E-state index >= 15 is 0 Å². The molecule has 2 fully saturated rings. The molecule has 17 heavy (non-hydrogen) atoms. The van der Waals surface area contributed by atoms with Crippen molar-refractivity contribution in [1.29, 1.82) is 0 Å². The molecule has 1 N–H and O–H groups in total. The maximum absolute atomic E-state index is 10.7. The maximum atomic E-state index is 10.7. The molecule has 0 bridgehead atoms. The van der Waals surface area contributed by atoms with Crippen LogP contribution in [0.3, 0.4) is 0 Å². The third-order valence-corrected chi connectivity index (χ3v) is 3.69. The van der Waals surface area contributed by atoms with Crippen molar-refractivity contribution in [2.45, 2.75) is 19.3 Å². The second-order valence-electron chi connectivity index (χ2n) is 4.90. The van der Waals surface area contributed by atoms with Crippen LogP contribution in [0.1, 0.15) is 29.8 Å². The van der Waals surface area contributed by atoms with Gasteiger partial charge in [-0.1, -0.05) is 0 Å². The molecule has 0 aromatic carbocycles. The average Bonchev–Trinajstić information content (AvgIpc) is 3.07. The van der Waals surface area contributed by atoms with E-state index in [-0.39, 0.29) is 5.69 Å². The van der Waals surface area contributed by atoms with Gasteiger partial charge in [-0.2, -0.15) is 0 Å².